The van der Waals surface area contributed by atoms with Crippen molar-refractivity contribution < 1.29 is 0 Å². The summed E-state index contributed by atoms with van der Waals surface area (Å²) in [5.41, 5.74) is 0. The quantitative estimate of drug-likeness (QED) is 0.827. The molecule has 5 heteroatoms. The van der Waals surface area contributed by atoms with Crippen molar-refractivity contribution in [2.24, 2.45) is 10.9 Å². The molecule has 0 aromatic rings. The van der Waals surface area contributed by atoms with E-state index in [-0.39, 0.29) is 0 Å². The molecule has 0 spiro atoms. The van der Waals surface area contributed by atoms with Gasteiger partial charge in [0.15, 0.2) is 5.17 Å². The monoisotopic (exact) mass is 270 g/mol. The fourth-order valence-corrected chi connectivity index (χ4v) is 3.55. The van der Waals surface area contributed by atoms with E-state index in [1.165, 1.54) is 6.54 Å². The highest BCUT2D eigenvalue weighted by molar-refractivity contribution is 8.14. The second kappa shape index (κ2) is 6.26. The molecule has 1 unspecified atom stereocenters. The maximum absolute atomic E-state index is 4.76. The van der Waals surface area contributed by atoms with Crippen LogP contribution in [0.5, 0.6) is 0 Å². The van der Waals surface area contributed by atoms with Crippen LogP contribution in [0.2, 0.25) is 0 Å². The normalized spacial score (nSPS) is 33.3. The number of likely N-dealkylation sites (N-methyl/N-ethyl adjacent to an activating group) is 2. The largest absolute Gasteiger partial charge is 0.361 e. The molecule has 2 aliphatic rings. The summed E-state index contributed by atoms with van der Waals surface area (Å²) in [6.07, 6.45) is 0. The molecule has 0 radical (unpaired) electrons. The van der Waals surface area contributed by atoms with Crippen molar-refractivity contribution >= 4 is 16.9 Å². The molecule has 2 rings (SSSR count). The molecule has 0 bridgehead atoms. The number of thioether (sulfide) groups is 1. The first-order valence-corrected chi connectivity index (χ1v) is 7.87. The van der Waals surface area contributed by atoms with Gasteiger partial charge < -0.3 is 10.2 Å². The van der Waals surface area contributed by atoms with Crippen LogP contribution in [0, 0.1) is 5.92 Å². The molecule has 2 atom stereocenters. The number of rotatable bonds is 3. The van der Waals surface area contributed by atoms with Crippen molar-refractivity contribution in [3.8, 4) is 0 Å². The molecular formula is C13H26N4S. The zero-order chi connectivity index (χ0) is 13.1. The first kappa shape index (κ1) is 14.2. The number of amidine groups is 1. The number of nitrogens with one attached hydrogen (secondary N) is 1. The zero-order valence-electron chi connectivity index (χ0n) is 12.0. The highest BCUT2D eigenvalue weighted by Gasteiger charge is 2.25. The Kier molecular flexibility index (Phi) is 4.92. The molecule has 0 aliphatic carbocycles. The number of piperazine rings is 1. The van der Waals surface area contributed by atoms with E-state index in [0.717, 1.165) is 30.6 Å². The van der Waals surface area contributed by atoms with Gasteiger partial charge in [0.05, 0.1) is 6.54 Å². The van der Waals surface area contributed by atoms with E-state index < -0.39 is 0 Å². The van der Waals surface area contributed by atoms with Gasteiger partial charge in [-0.25, -0.2) is 0 Å². The van der Waals surface area contributed by atoms with Crippen LogP contribution in [0.15, 0.2) is 4.99 Å². The van der Waals surface area contributed by atoms with E-state index in [2.05, 4.69) is 43.1 Å². The maximum atomic E-state index is 4.76. The second-order valence-electron chi connectivity index (χ2n) is 5.85. The van der Waals surface area contributed by atoms with Gasteiger partial charge in [-0.05, 0) is 20.0 Å². The summed E-state index contributed by atoms with van der Waals surface area (Å²) in [4.78, 5) is 9.60. The molecule has 2 saturated heterocycles. The molecule has 2 aliphatic heterocycles. The maximum Gasteiger partial charge on any atom is 0.156 e. The van der Waals surface area contributed by atoms with Crippen molar-refractivity contribution in [3.05, 3.63) is 0 Å². The Morgan fingerprint density at radius 1 is 1.39 bits per heavy atom. The number of aliphatic imine (C=N–C) groups is 1. The lowest BCUT2D eigenvalue weighted by atomic mass is 10.1. The molecule has 0 aromatic heterocycles. The SMILES string of the molecule is CC(C)[C@H]1CSC(=NCC2CN(C)CCN2C)N1. The third-order valence-corrected chi connectivity index (χ3v) is 4.99. The predicted octanol–water partition coefficient (Wildman–Crippen LogP) is 0.949. The Hall–Kier alpha value is -0.260. The van der Waals surface area contributed by atoms with E-state index in [1.54, 1.807) is 0 Å². The van der Waals surface area contributed by atoms with E-state index in [0.29, 0.717) is 18.0 Å². The van der Waals surface area contributed by atoms with Crippen molar-refractivity contribution in [1.29, 1.82) is 0 Å². The lowest BCUT2D eigenvalue weighted by Gasteiger charge is -2.36. The molecule has 18 heavy (non-hydrogen) atoms. The molecule has 2 heterocycles. The second-order valence-corrected chi connectivity index (χ2v) is 6.86. The summed E-state index contributed by atoms with van der Waals surface area (Å²) >= 11 is 1.88. The predicted molar refractivity (Wildman–Crippen MR) is 80.4 cm³/mol. The van der Waals surface area contributed by atoms with Crippen molar-refractivity contribution in [2.75, 3.05) is 46.0 Å². The Labute approximate surface area is 115 Å². The topological polar surface area (TPSA) is 30.9 Å². The summed E-state index contributed by atoms with van der Waals surface area (Å²) in [5, 5.41) is 4.69. The minimum atomic E-state index is 0.566. The Balaban J connectivity index is 1.83. The molecule has 104 valence electrons. The smallest absolute Gasteiger partial charge is 0.156 e. The van der Waals surface area contributed by atoms with Gasteiger partial charge in [0, 0.05) is 37.5 Å². The fourth-order valence-electron chi connectivity index (χ4n) is 2.35. The number of hydrogen-bond donors (Lipinski definition) is 1. The third kappa shape index (κ3) is 3.62. The summed E-state index contributed by atoms with van der Waals surface area (Å²) < 4.78 is 0. The van der Waals surface area contributed by atoms with Crippen LogP contribution < -0.4 is 5.32 Å². The molecule has 0 aromatic carbocycles. The Bertz CT molecular complexity index is 305. The summed E-state index contributed by atoms with van der Waals surface area (Å²) in [5.74, 6) is 1.85. The zero-order valence-corrected chi connectivity index (χ0v) is 12.8. The summed E-state index contributed by atoms with van der Waals surface area (Å²) in [6, 6.07) is 1.16. The number of hydrogen-bond acceptors (Lipinski definition) is 4. The first-order chi connectivity index (χ1) is 8.56. The molecular weight excluding hydrogens is 244 g/mol. The molecule has 4 nitrogen and oxygen atoms in total. The number of nitrogens with zero attached hydrogens (tertiary/aromatic N) is 3. The fraction of sp³-hybridized carbons (Fsp3) is 0.923. The van der Waals surface area contributed by atoms with Gasteiger partial charge in [-0.2, -0.15) is 0 Å². The average molecular weight is 270 g/mol. The first-order valence-electron chi connectivity index (χ1n) is 6.89. The standard InChI is InChI=1S/C13H26N4S/c1-10(2)12-9-18-13(15-12)14-7-11-8-16(3)5-6-17(11)4/h10-12H,5-9H2,1-4H3,(H,14,15)/t11?,12-/m1/s1. The van der Waals surface area contributed by atoms with E-state index in [1.807, 2.05) is 11.8 Å². The van der Waals surface area contributed by atoms with Crippen LogP contribution in [0.4, 0.5) is 0 Å². The van der Waals surface area contributed by atoms with Crippen molar-refractivity contribution in [3.63, 3.8) is 0 Å². The van der Waals surface area contributed by atoms with Gasteiger partial charge in [0.2, 0.25) is 0 Å². The molecule has 0 amide bonds. The lowest BCUT2D eigenvalue weighted by molar-refractivity contribution is 0.119. The average Bonchev–Trinajstić information content (AvgIpc) is 2.79. The minimum Gasteiger partial charge on any atom is -0.361 e. The summed E-state index contributed by atoms with van der Waals surface area (Å²) in [6.45, 7) is 8.91. The molecule has 0 saturated carbocycles. The van der Waals surface area contributed by atoms with E-state index in [9.17, 15) is 0 Å². The van der Waals surface area contributed by atoms with Crippen LogP contribution in [0.25, 0.3) is 0 Å². The van der Waals surface area contributed by atoms with Gasteiger partial charge in [0.25, 0.3) is 0 Å². The van der Waals surface area contributed by atoms with Crippen molar-refractivity contribution in [1.82, 2.24) is 15.1 Å². The lowest BCUT2D eigenvalue weighted by Crippen LogP contribution is -2.51. The minimum absolute atomic E-state index is 0.566. The third-order valence-electron chi connectivity index (χ3n) is 3.94. The highest BCUT2D eigenvalue weighted by Crippen LogP contribution is 2.19. The molecule has 1 N–H and O–H groups in total. The van der Waals surface area contributed by atoms with Crippen LogP contribution in [0.1, 0.15) is 13.8 Å². The molecule has 2 fully saturated rings. The van der Waals surface area contributed by atoms with E-state index in [4.69, 9.17) is 4.99 Å². The van der Waals surface area contributed by atoms with Gasteiger partial charge in [0.1, 0.15) is 0 Å². The Morgan fingerprint density at radius 3 is 2.83 bits per heavy atom. The van der Waals surface area contributed by atoms with Crippen LogP contribution in [0.3, 0.4) is 0 Å². The highest BCUT2D eigenvalue weighted by atomic mass is 32.2. The van der Waals surface area contributed by atoms with Crippen LogP contribution >= 0.6 is 11.8 Å². The van der Waals surface area contributed by atoms with Gasteiger partial charge in [-0.15, -0.1) is 0 Å². The van der Waals surface area contributed by atoms with Gasteiger partial charge in [-0.3, -0.25) is 9.89 Å². The van der Waals surface area contributed by atoms with Gasteiger partial charge >= 0.3 is 0 Å². The summed E-state index contributed by atoms with van der Waals surface area (Å²) in [7, 11) is 4.41. The van der Waals surface area contributed by atoms with E-state index >= 15 is 0 Å². The van der Waals surface area contributed by atoms with Gasteiger partial charge in [-0.1, -0.05) is 25.6 Å². The van der Waals surface area contributed by atoms with Crippen LogP contribution in [-0.2, 0) is 0 Å². The van der Waals surface area contributed by atoms with Crippen LogP contribution in [-0.4, -0.2) is 73.1 Å². The Morgan fingerprint density at radius 2 is 2.17 bits per heavy atom. The van der Waals surface area contributed by atoms with Crippen molar-refractivity contribution in [2.45, 2.75) is 25.9 Å².